The number of halogens is 2. The van der Waals surface area contributed by atoms with Crippen LogP contribution in [-0.4, -0.2) is 31.7 Å². The minimum atomic E-state index is -3.72. The van der Waals surface area contributed by atoms with Gasteiger partial charge in [-0.15, -0.1) is 0 Å². The second-order valence-electron chi connectivity index (χ2n) is 5.69. The minimum Gasteiger partial charge on any atom is -0.322 e. The molecule has 0 spiro atoms. The highest BCUT2D eigenvalue weighted by molar-refractivity contribution is 7.89. The molecule has 0 aliphatic carbocycles. The van der Waals surface area contributed by atoms with Crippen molar-refractivity contribution >= 4 is 33.2 Å². The van der Waals surface area contributed by atoms with Crippen molar-refractivity contribution in [1.29, 1.82) is 0 Å². The number of rotatable bonds is 4. The van der Waals surface area contributed by atoms with Gasteiger partial charge in [-0.1, -0.05) is 23.7 Å². The van der Waals surface area contributed by atoms with Crippen LogP contribution in [0.1, 0.15) is 23.2 Å². The van der Waals surface area contributed by atoms with E-state index in [4.69, 9.17) is 11.6 Å². The Morgan fingerprint density at radius 1 is 1.12 bits per heavy atom. The molecule has 5 nitrogen and oxygen atoms in total. The maximum Gasteiger partial charge on any atom is 0.258 e. The Balaban J connectivity index is 1.89. The molecule has 0 aromatic heterocycles. The van der Waals surface area contributed by atoms with Crippen molar-refractivity contribution in [3.63, 3.8) is 0 Å². The first-order valence-electron chi connectivity index (χ1n) is 7.75. The highest BCUT2D eigenvalue weighted by Crippen LogP contribution is 2.29. The zero-order valence-corrected chi connectivity index (χ0v) is 14.8. The van der Waals surface area contributed by atoms with Crippen molar-refractivity contribution < 1.29 is 17.6 Å². The standard InChI is InChI=1S/C17H16ClFN2O3S/c18-14-8-7-12(20-17(22)13-5-1-2-6-15(13)19)11-16(14)25(23,24)21-9-3-4-10-21/h1-2,5-8,11H,3-4,9-10H2,(H,20,22). The average Bonchev–Trinajstić information content (AvgIpc) is 3.12. The zero-order chi connectivity index (χ0) is 18.0. The fraction of sp³-hybridized carbons (Fsp3) is 0.235. The number of hydrogen-bond acceptors (Lipinski definition) is 3. The summed E-state index contributed by atoms with van der Waals surface area (Å²) in [6.07, 6.45) is 1.61. The molecule has 1 N–H and O–H groups in total. The molecule has 0 bridgehead atoms. The number of nitrogens with zero attached hydrogens (tertiary/aromatic N) is 1. The van der Waals surface area contributed by atoms with Crippen LogP contribution in [0.2, 0.25) is 5.02 Å². The van der Waals surface area contributed by atoms with Crippen LogP contribution in [0.25, 0.3) is 0 Å². The summed E-state index contributed by atoms with van der Waals surface area (Å²) in [7, 11) is -3.72. The van der Waals surface area contributed by atoms with Crippen LogP contribution in [-0.2, 0) is 10.0 Å². The summed E-state index contributed by atoms with van der Waals surface area (Å²) in [6, 6.07) is 9.74. The molecule has 8 heteroatoms. The largest absolute Gasteiger partial charge is 0.322 e. The van der Waals surface area contributed by atoms with E-state index in [9.17, 15) is 17.6 Å². The van der Waals surface area contributed by atoms with Crippen LogP contribution in [0.4, 0.5) is 10.1 Å². The number of hydrogen-bond donors (Lipinski definition) is 1. The van der Waals surface area contributed by atoms with Crippen molar-refractivity contribution in [3.8, 4) is 0 Å². The normalized spacial score (nSPS) is 15.3. The van der Waals surface area contributed by atoms with Gasteiger partial charge in [0.2, 0.25) is 10.0 Å². The van der Waals surface area contributed by atoms with Gasteiger partial charge in [-0.2, -0.15) is 4.31 Å². The molecule has 1 saturated heterocycles. The lowest BCUT2D eigenvalue weighted by molar-refractivity contribution is 0.102. The van der Waals surface area contributed by atoms with E-state index in [1.807, 2.05) is 0 Å². The molecular weight excluding hydrogens is 367 g/mol. The van der Waals surface area contributed by atoms with Crippen LogP contribution in [0, 0.1) is 5.82 Å². The maximum atomic E-state index is 13.7. The molecule has 25 heavy (non-hydrogen) atoms. The van der Waals surface area contributed by atoms with E-state index in [0.29, 0.717) is 13.1 Å². The fourth-order valence-electron chi connectivity index (χ4n) is 2.69. The zero-order valence-electron chi connectivity index (χ0n) is 13.2. The molecule has 1 fully saturated rings. The average molecular weight is 383 g/mol. The molecule has 1 aliphatic rings. The molecule has 0 unspecified atom stereocenters. The number of anilines is 1. The van der Waals surface area contributed by atoms with Crippen LogP contribution in [0.3, 0.4) is 0 Å². The Morgan fingerprint density at radius 3 is 2.48 bits per heavy atom. The molecule has 0 radical (unpaired) electrons. The topological polar surface area (TPSA) is 66.5 Å². The van der Waals surface area contributed by atoms with Gasteiger partial charge in [-0.25, -0.2) is 12.8 Å². The molecule has 3 rings (SSSR count). The molecular formula is C17H16ClFN2O3S. The lowest BCUT2D eigenvalue weighted by Crippen LogP contribution is -2.28. The van der Waals surface area contributed by atoms with E-state index in [-0.39, 0.29) is 21.2 Å². The summed E-state index contributed by atoms with van der Waals surface area (Å²) < 4.78 is 40.4. The molecule has 0 atom stereocenters. The Kier molecular flexibility index (Phi) is 5.08. The van der Waals surface area contributed by atoms with Gasteiger partial charge >= 0.3 is 0 Å². The van der Waals surface area contributed by atoms with E-state index in [1.165, 1.54) is 40.7 Å². The Bertz CT molecular complexity index is 912. The Hall–Kier alpha value is -1.96. The van der Waals surface area contributed by atoms with Gasteiger partial charge in [0, 0.05) is 18.8 Å². The number of carbonyl (C=O) groups excluding carboxylic acids is 1. The van der Waals surface area contributed by atoms with Gasteiger partial charge in [0.25, 0.3) is 5.91 Å². The number of nitrogens with one attached hydrogen (secondary N) is 1. The Labute approximate surface area is 150 Å². The molecule has 0 saturated carbocycles. The third kappa shape index (κ3) is 3.68. The number of sulfonamides is 1. The minimum absolute atomic E-state index is 0.0672. The van der Waals surface area contributed by atoms with Gasteiger partial charge in [0.05, 0.1) is 10.6 Å². The van der Waals surface area contributed by atoms with Gasteiger partial charge in [0.1, 0.15) is 10.7 Å². The second kappa shape index (κ2) is 7.11. The predicted molar refractivity (Wildman–Crippen MR) is 93.8 cm³/mol. The highest BCUT2D eigenvalue weighted by Gasteiger charge is 2.29. The van der Waals surface area contributed by atoms with Crippen molar-refractivity contribution in [3.05, 3.63) is 58.9 Å². The smallest absolute Gasteiger partial charge is 0.258 e. The molecule has 2 aromatic rings. The molecule has 1 amide bonds. The van der Waals surface area contributed by atoms with Crippen molar-refractivity contribution in [1.82, 2.24) is 4.31 Å². The number of amides is 1. The van der Waals surface area contributed by atoms with E-state index >= 15 is 0 Å². The lowest BCUT2D eigenvalue weighted by Gasteiger charge is -2.17. The quantitative estimate of drug-likeness (QED) is 0.879. The third-order valence-electron chi connectivity index (χ3n) is 3.99. The van der Waals surface area contributed by atoms with Crippen LogP contribution in [0.15, 0.2) is 47.4 Å². The summed E-state index contributed by atoms with van der Waals surface area (Å²) in [4.78, 5) is 12.1. The van der Waals surface area contributed by atoms with Crippen molar-refractivity contribution in [2.75, 3.05) is 18.4 Å². The molecule has 132 valence electrons. The summed E-state index contributed by atoms with van der Waals surface area (Å²) >= 11 is 6.06. The fourth-order valence-corrected chi connectivity index (χ4v) is 4.71. The lowest BCUT2D eigenvalue weighted by atomic mass is 10.2. The van der Waals surface area contributed by atoms with Gasteiger partial charge < -0.3 is 5.32 Å². The summed E-state index contributed by atoms with van der Waals surface area (Å²) in [6.45, 7) is 0.898. The number of carbonyl (C=O) groups is 1. The van der Waals surface area contributed by atoms with Crippen LogP contribution >= 0.6 is 11.6 Å². The first-order valence-corrected chi connectivity index (χ1v) is 9.57. The first kappa shape index (κ1) is 17.8. The van der Waals surface area contributed by atoms with Gasteiger partial charge in [-0.3, -0.25) is 4.79 Å². The Morgan fingerprint density at radius 2 is 1.80 bits per heavy atom. The second-order valence-corrected chi connectivity index (χ2v) is 8.00. The van der Waals surface area contributed by atoms with E-state index in [0.717, 1.165) is 12.8 Å². The summed E-state index contributed by atoms with van der Waals surface area (Å²) in [5.41, 5.74) is 0.108. The SMILES string of the molecule is O=C(Nc1ccc(Cl)c(S(=O)(=O)N2CCCC2)c1)c1ccccc1F. The summed E-state index contributed by atoms with van der Waals surface area (Å²) in [5.74, 6) is -1.32. The van der Waals surface area contributed by atoms with Crippen LogP contribution in [0.5, 0.6) is 0 Å². The molecule has 2 aromatic carbocycles. The van der Waals surface area contributed by atoms with Gasteiger partial charge in [-0.05, 0) is 43.2 Å². The van der Waals surface area contributed by atoms with Crippen molar-refractivity contribution in [2.24, 2.45) is 0 Å². The van der Waals surface area contributed by atoms with Crippen LogP contribution < -0.4 is 5.32 Å². The monoisotopic (exact) mass is 382 g/mol. The van der Waals surface area contributed by atoms with Crippen molar-refractivity contribution in [2.45, 2.75) is 17.7 Å². The third-order valence-corrected chi connectivity index (χ3v) is 6.37. The predicted octanol–water partition coefficient (Wildman–Crippen LogP) is 3.52. The highest BCUT2D eigenvalue weighted by atomic mass is 35.5. The number of benzene rings is 2. The molecule has 1 heterocycles. The maximum absolute atomic E-state index is 13.7. The van der Waals surface area contributed by atoms with E-state index in [2.05, 4.69) is 5.32 Å². The van der Waals surface area contributed by atoms with E-state index < -0.39 is 21.7 Å². The molecule has 1 aliphatic heterocycles. The van der Waals surface area contributed by atoms with Gasteiger partial charge in [0.15, 0.2) is 0 Å². The summed E-state index contributed by atoms with van der Waals surface area (Å²) in [5, 5.41) is 2.59. The first-order chi connectivity index (χ1) is 11.9. The van der Waals surface area contributed by atoms with E-state index in [1.54, 1.807) is 6.07 Å².